The van der Waals surface area contributed by atoms with Gasteiger partial charge in [-0.2, -0.15) is 5.10 Å². The second kappa shape index (κ2) is 5.29. The Labute approximate surface area is 106 Å². The molecule has 90 valence electrons. The molecule has 4 nitrogen and oxygen atoms in total. The normalized spacial score (nSPS) is 12.6. The molecule has 0 saturated heterocycles. The number of halogens is 1. The Hall–Kier alpha value is -1.39. The maximum absolute atomic E-state index is 6.28. The predicted octanol–water partition coefficient (Wildman–Crippen LogP) is 2.59. The van der Waals surface area contributed by atoms with E-state index in [1.165, 1.54) is 6.33 Å². The van der Waals surface area contributed by atoms with Gasteiger partial charge < -0.3 is 5.32 Å². The van der Waals surface area contributed by atoms with Gasteiger partial charge in [-0.3, -0.25) is 0 Å². The van der Waals surface area contributed by atoms with Crippen molar-refractivity contribution in [2.45, 2.75) is 19.9 Å². The number of nitrogens with zero attached hydrogens (tertiary/aromatic N) is 3. The Morgan fingerprint density at radius 1 is 1.47 bits per heavy atom. The number of rotatable bonds is 4. The molecular weight excluding hydrogens is 236 g/mol. The number of aromatic nitrogens is 3. The molecule has 0 spiro atoms. The first-order valence-corrected chi connectivity index (χ1v) is 5.98. The molecule has 17 heavy (non-hydrogen) atoms. The van der Waals surface area contributed by atoms with Crippen molar-refractivity contribution in [3.8, 4) is 5.69 Å². The van der Waals surface area contributed by atoms with Crippen LogP contribution in [0.3, 0.4) is 0 Å². The van der Waals surface area contributed by atoms with Gasteiger partial charge in [0.25, 0.3) is 0 Å². The summed E-state index contributed by atoms with van der Waals surface area (Å²) >= 11 is 6.28. The molecule has 0 amide bonds. The van der Waals surface area contributed by atoms with E-state index in [0.717, 1.165) is 22.8 Å². The average molecular weight is 251 g/mol. The van der Waals surface area contributed by atoms with Crippen molar-refractivity contribution < 1.29 is 0 Å². The van der Waals surface area contributed by atoms with E-state index in [4.69, 9.17) is 11.6 Å². The molecule has 0 fully saturated rings. The van der Waals surface area contributed by atoms with E-state index in [0.29, 0.717) is 0 Å². The largest absolute Gasteiger partial charge is 0.310 e. The van der Waals surface area contributed by atoms with Gasteiger partial charge in [-0.05, 0) is 31.2 Å². The summed E-state index contributed by atoms with van der Waals surface area (Å²) in [6.45, 7) is 5.09. The van der Waals surface area contributed by atoms with Crippen LogP contribution in [-0.2, 0) is 0 Å². The lowest BCUT2D eigenvalue weighted by atomic mass is 10.1. The summed E-state index contributed by atoms with van der Waals surface area (Å²) in [6.07, 6.45) is 3.15. The molecule has 0 aliphatic rings. The SMILES string of the molecule is CCNC(C)c1ccc(-n2cncn2)cc1Cl. The Morgan fingerprint density at radius 3 is 2.88 bits per heavy atom. The molecule has 0 aliphatic heterocycles. The van der Waals surface area contributed by atoms with Crippen LogP contribution < -0.4 is 5.32 Å². The minimum absolute atomic E-state index is 0.247. The van der Waals surface area contributed by atoms with Crippen LogP contribution in [0.2, 0.25) is 5.02 Å². The van der Waals surface area contributed by atoms with Crippen molar-refractivity contribution in [2.75, 3.05) is 6.54 Å². The zero-order chi connectivity index (χ0) is 12.3. The predicted molar refractivity (Wildman–Crippen MR) is 68.5 cm³/mol. The van der Waals surface area contributed by atoms with Crippen LogP contribution in [-0.4, -0.2) is 21.3 Å². The first kappa shape index (κ1) is 12.1. The molecule has 1 aromatic heterocycles. The summed E-state index contributed by atoms with van der Waals surface area (Å²) in [5.41, 5.74) is 2.01. The molecule has 0 saturated carbocycles. The number of hydrogen-bond acceptors (Lipinski definition) is 3. The Balaban J connectivity index is 2.29. The van der Waals surface area contributed by atoms with Crippen molar-refractivity contribution in [1.82, 2.24) is 20.1 Å². The van der Waals surface area contributed by atoms with E-state index in [1.807, 2.05) is 18.2 Å². The van der Waals surface area contributed by atoms with Crippen molar-refractivity contribution in [3.05, 3.63) is 41.4 Å². The van der Waals surface area contributed by atoms with Crippen LogP contribution in [0.5, 0.6) is 0 Å². The summed E-state index contributed by atoms with van der Waals surface area (Å²) in [4.78, 5) is 3.91. The maximum atomic E-state index is 6.28. The van der Waals surface area contributed by atoms with Gasteiger partial charge in [0.05, 0.1) is 5.69 Å². The molecule has 1 aromatic carbocycles. The molecule has 1 heterocycles. The highest BCUT2D eigenvalue weighted by molar-refractivity contribution is 6.31. The third-order valence-corrected chi connectivity index (χ3v) is 2.97. The Kier molecular flexibility index (Phi) is 3.76. The summed E-state index contributed by atoms with van der Waals surface area (Å²) in [5, 5.41) is 8.15. The van der Waals surface area contributed by atoms with E-state index >= 15 is 0 Å². The average Bonchev–Trinajstić information content (AvgIpc) is 2.82. The lowest BCUT2D eigenvalue weighted by molar-refractivity contribution is 0.598. The van der Waals surface area contributed by atoms with Gasteiger partial charge in [0.1, 0.15) is 12.7 Å². The Bertz CT molecular complexity index is 481. The summed E-state index contributed by atoms with van der Waals surface area (Å²) in [6, 6.07) is 6.16. The molecule has 0 bridgehead atoms. The maximum Gasteiger partial charge on any atom is 0.138 e. The van der Waals surface area contributed by atoms with Gasteiger partial charge in [0, 0.05) is 11.1 Å². The zero-order valence-electron chi connectivity index (χ0n) is 9.89. The molecule has 1 atom stereocenters. The van der Waals surface area contributed by atoms with Crippen molar-refractivity contribution in [2.24, 2.45) is 0 Å². The minimum Gasteiger partial charge on any atom is -0.310 e. The number of hydrogen-bond donors (Lipinski definition) is 1. The van der Waals surface area contributed by atoms with Crippen molar-refractivity contribution in [1.29, 1.82) is 0 Å². The lowest BCUT2D eigenvalue weighted by Crippen LogP contribution is -2.18. The fraction of sp³-hybridized carbons (Fsp3) is 0.333. The van der Waals surface area contributed by atoms with Gasteiger partial charge in [0.2, 0.25) is 0 Å². The van der Waals surface area contributed by atoms with Crippen LogP contribution in [0, 0.1) is 0 Å². The number of benzene rings is 1. The molecular formula is C12H15ClN4. The van der Waals surface area contributed by atoms with Crippen LogP contribution in [0.15, 0.2) is 30.9 Å². The van der Waals surface area contributed by atoms with E-state index in [2.05, 4.69) is 29.2 Å². The van der Waals surface area contributed by atoms with Gasteiger partial charge in [-0.1, -0.05) is 24.6 Å². The highest BCUT2D eigenvalue weighted by Gasteiger charge is 2.09. The third-order valence-electron chi connectivity index (χ3n) is 2.64. The molecule has 2 aromatic rings. The van der Waals surface area contributed by atoms with Crippen molar-refractivity contribution >= 4 is 11.6 Å². The quantitative estimate of drug-likeness (QED) is 0.907. The van der Waals surface area contributed by atoms with Crippen LogP contribution >= 0.6 is 11.6 Å². The van der Waals surface area contributed by atoms with Gasteiger partial charge in [-0.25, -0.2) is 9.67 Å². The number of nitrogens with one attached hydrogen (secondary N) is 1. The standard InChI is InChI=1S/C12H15ClN4/c1-3-15-9(2)11-5-4-10(6-12(11)13)17-8-14-7-16-17/h4-9,15H,3H2,1-2H3. The monoisotopic (exact) mass is 250 g/mol. The van der Waals surface area contributed by atoms with E-state index < -0.39 is 0 Å². The first-order valence-electron chi connectivity index (χ1n) is 5.60. The molecule has 2 rings (SSSR count). The molecule has 1 N–H and O–H groups in total. The van der Waals surface area contributed by atoms with Crippen LogP contribution in [0.4, 0.5) is 0 Å². The third kappa shape index (κ3) is 2.65. The highest BCUT2D eigenvalue weighted by atomic mass is 35.5. The zero-order valence-corrected chi connectivity index (χ0v) is 10.6. The van der Waals surface area contributed by atoms with Gasteiger partial charge in [-0.15, -0.1) is 0 Å². The van der Waals surface area contributed by atoms with Crippen LogP contribution in [0.1, 0.15) is 25.5 Å². The summed E-state index contributed by atoms with van der Waals surface area (Å²) in [5.74, 6) is 0. The molecule has 5 heteroatoms. The molecule has 0 radical (unpaired) electrons. The first-order chi connectivity index (χ1) is 8.22. The van der Waals surface area contributed by atoms with Gasteiger partial charge >= 0.3 is 0 Å². The smallest absolute Gasteiger partial charge is 0.138 e. The second-order valence-corrected chi connectivity index (χ2v) is 4.23. The molecule has 0 aliphatic carbocycles. The van der Waals surface area contributed by atoms with E-state index in [-0.39, 0.29) is 6.04 Å². The highest BCUT2D eigenvalue weighted by Crippen LogP contribution is 2.25. The Morgan fingerprint density at radius 2 is 2.29 bits per heavy atom. The fourth-order valence-electron chi connectivity index (χ4n) is 1.77. The second-order valence-electron chi connectivity index (χ2n) is 3.83. The van der Waals surface area contributed by atoms with Crippen LogP contribution in [0.25, 0.3) is 5.69 Å². The molecule has 1 unspecified atom stereocenters. The summed E-state index contributed by atoms with van der Waals surface area (Å²) < 4.78 is 1.69. The summed E-state index contributed by atoms with van der Waals surface area (Å²) in [7, 11) is 0. The van der Waals surface area contributed by atoms with E-state index in [1.54, 1.807) is 11.0 Å². The minimum atomic E-state index is 0.247. The van der Waals surface area contributed by atoms with Crippen molar-refractivity contribution in [3.63, 3.8) is 0 Å². The van der Waals surface area contributed by atoms with E-state index in [9.17, 15) is 0 Å². The fourth-order valence-corrected chi connectivity index (χ4v) is 2.11. The van der Waals surface area contributed by atoms with Gasteiger partial charge in [0.15, 0.2) is 0 Å². The lowest BCUT2D eigenvalue weighted by Gasteiger charge is -2.15. The topological polar surface area (TPSA) is 42.7 Å².